The SMILES string of the molecule is CC1=C(C)P2(=S)CC1(C)C(C)=C2C1=C(C)C2(C)CP1(=S)C(C)=C2C. The predicted molar refractivity (Wildman–Crippen MR) is 117 cm³/mol. The predicted octanol–water partition coefficient (Wildman–Crippen LogP) is 7.15. The van der Waals surface area contributed by atoms with Crippen LogP contribution in [-0.2, 0) is 23.6 Å². The normalized spacial score (nSPS) is 47.2. The van der Waals surface area contributed by atoms with Gasteiger partial charge in [0, 0.05) is 22.9 Å². The maximum Gasteiger partial charge on any atom is 0.0155 e. The zero-order valence-corrected chi connectivity index (χ0v) is 19.5. The van der Waals surface area contributed by atoms with Crippen LogP contribution in [0.1, 0.15) is 55.4 Å². The van der Waals surface area contributed by atoms with E-state index >= 15 is 0 Å². The summed E-state index contributed by atoms with van der Waals surface area (Å²) in [5.41, 5.74) is 6.64. The Labute approximate surface area is 157 Å². The minimum atomic E-state index is -1.62. The fraction of sp³-hybridized carbons (Fsp3) is 0.600. The summed E-state index contributed by atoms with van der Waals surface area (Å²) >= 11 is 12.9. The van der Waals surface area contributed by atoms with Crippen LogP contribution in [0.15, 0.2) is 43.5 Å². The molecule has 4 rings (SSSR count). The summed E-state index contributed by atoms with van der Waals surface area (Å²) in [5.74, 6) is 0. The van der Waals surface area contributed by atoms with Crippen molar-refractivity contribution in [3.8, 4) is 0 Å². The maximum absolute atomic E-state index is 6.46. The molecule has 4 bridgehead atoms. The minimum Gasteiger partial charge on any atom is -0.0879 e. The van der Waals surface area contributed by atoms with Crippen molar-refractivity contribution in [2.45, 2.75) is 55.4 Å². The van der Waals surface area contributed by atoms with Crippen molar-refractivity contribution in [1.82, 2.24) is 0 Å². The smallest absolute Gasteiger partial charge is 0.0155 e. The van der Waals surface area contributed by atoms with E-state index in [9.17, 15) is 0 Å². The van der Waals surface area contributed by atoms with Crippen molar-refractivity contribution < 1.29 is 0 Å². The first-order chi connectivity index (χ1) is 10.9. The van der Waals surface area contributed by atoms with Crippen molar-refractivity contribution in [2.75, 3.05) is 12.3 Å². The summed E-state index contributed by atoms with van der Waals surface area (Å²) in [5, 5.41) is 6.24. The highest BCUT2D eigenvalue weighted by molar-refractivity contribution is 8.22. The molecule has 0 saturated heterocycles. The summed E-state index contributed by atoms with van der Waals surface area (Å²) in [6.07, 6.45) is 2.36. The third kappa shape index (κ3) is 1.56. The van der Waals surface area contributed by atoms with Crippen molar-refractivity contribution in [2.24, 2.45) is 10.8 Å². The fourth-order valence-electron chi connectivity index (χ4n) is 5.76. The van der Waals surface area contributed by atoms with E-state index in [2.05, 4.69) is 55.4 Å². The molecule has 0 N–H and O–H groups in total. The molecule has 4 aliphatic heterocycles. The van der Waals surface area contributed by atoms with Gasteiger partial charge < -0.3 is 0 Å². The molecule has 0 aromatic carbocycles. The van der Waals surface area contributed by atoms with Gasteiger partial charge in [-0.1, -0.05) is 59.8 Å². The molecule has 130 valence electrons. The lowest BCUT2D eigenvalue weighted by molar-refractivity contribution is 0.557. The Morgan fingerprint density at radius 1 is 0.625 bits per heavy atom. The number of fused-ring (bicyclic) bond motifs is 4. The van der Waals surface area contributed by atoms with E-state index in [1.165, 1.54) is 23.0 Å². The number of rotatable bonds is 1. The van der Waals surface area contributed by atoms with Crippen LogP contribution < -0.4 is 0 Å². The largest absolute Gasteiger partial charge is 0.0879 e. The molecule has 4 atom stereocenters. The molecule has 4 aliphatic rings. The van der Waals surface area contributed by atoms with Crippen molar-refractivity contribution in [3.63, 3.8) is 0 Å². The van der Waals surface area contributed by atoms with Gasteiger partial charge in [0.2, 0.25) is 0 Å². The van der Waals surface area contributed by atoms with Gasteiger partial charge in [0.1, 0.15) is 0 Å². The first-order valence-corrected chi connectivity index (χ1v) is 14.8. The van der Waals surface area contributed by atoms with E-state index in [0.29, 0.717) is 0 Å². The average molecular weight is 395 g/mol. The van der Waals surface area contributed by atoms with E-state index in [-0.39, 0.29) is 10.8 Å². The Morgan fingerprint density at radius 2 is 0.917 bits per heavy atom. The van der Waals surface area contributed by atoms with Crippen molar-refractivity contribution in [3.05, 3.63) is 43.5 Å². The number of hydrogen-bond donors (Lipinski definition) is 0. The van der Waals surface area contributed by atoms with E-state index in [4.69, 9.17) is 23.6 Å². The summed E-state index contributed by atoms with van der Waals surface area (Å²) in [7, 11) is 0. The second-order valence-electron chi connectivity index (χ2n) is 8.83. The third-order valence-electron chi connectivity index (χ3n) is 8.21. The van der Waals surface area contributed by atoms with Crippen LogP contribution in [0.4, 0.5) is 0 Å². The number of allylic oxidation sites excluding steroid dienone is 8. The van der Waals surface area contributed by atoms with Gasteiger partial charge in [-0.15, -0.1) is 0 Å². The molecule has 24 heavy (non-hydrogen) atoms. The van der Waals surface area contributed by atoms with Gasteiger partial charge in [-0.2, -0.15) is 0 Å². The molecule has 0 amide bonds. The first kappa shape index (κ1) is 17.7. The Hall–Kier alpha value is 0.260. The van der Waals surface area contributed by atoms with Gasteiger partial charge in [0.15, 0.2) is 0 Å². The molecule has 4 heterocycles. The van der Waals surface area contributed by atoms with Gasteiger partial charge in [-0.3, -0.25) is 0 Å². The van der Waals surface area contributed by atoms with E-state index in [1.807, 2.05) is 0 Å². The molecule has 0 fully saturated rings. The minimum absolute atomic E-state index is 0.202. The van der Waals surface area contributed by atoms with Gasteiger partial charge >= 0.3 is 0 Å². The first-order valence-electron chi connectivity index (χ1n) is 8.85. The molecule has 0 aromatic rings. The second-order valence-corrected chi connectivity index (χ2v) is 18.4. The molecule has 0 spiro atoms. The Kier molecular flexibility index (Phi) is 3.36. The third-order valence-corrected chi connectivity index (χ3v) is 19.5. The fourth-order valence-corrected chi connectivity index (χ4v) is 19.3. The zero-order chi connectivity index (χ0) is 18.0. The van der Waals surface area contributed by atoms with Crippen LogP contribution >= 0.6 is 12.1 Å². The lowest BCUT2D eigenvalue weighted by Gasteiger charge is -2.34. The summed E-state index contributed by atoms with van der Waals surface area (Å²) in [6.45, 7) is 18.9. The Morgan fingerprint density at radius 3 is 1.17 bits per heavy atom. The average Bonchev–Trinajstić information content (AvgIpc) is 2.98. The molecule has 4 unspecified atom stereocenters. The standard InChI is InChI=1S/C20H28P2S2/c1-11-15(5)21(23)9-19(11,7)13(3)17(21)18-14(4)20(8)10-22(18,24)16(6)12(20)2/h9-10H2,1-8H3. The highest BCUT2D eigenvalue weighted by atomic mass is 32.4. The number of hydrogen-bond acceptors (Lipinski definition) is 2. The summed E-state index contributed by atoms with van der Waals surface area (Å²) in [4.78, 5) is 0. The highest BCUT2D eigenvalue weighted by Gasteiger charge is 2.59. The van der Waals surface area contributed by atoms with Crippen molar-refractivity contribution >= 4 is 35.7 Å². The molecule has 0 radical (unpaired) electrons. The summed E-state index contributed by atoms with van der Waals surface area (Å²) in [6, 6.07) is -3.24. The van der Waals surface area contributed by atoms with Crippen molar-refractivity contribution in [1.29, 1.82) is 0 Å². The molecule has 0 aromatic heterocycles. The molecular weight excluding hydrogens is 366 g/mol. The second kappa shape index (κ2) is 4.56. The Balaban J connectivity index is 2.05. The monoisotopic (exact) mass is 394 g/mol. The van der Waals surface area contributed by atoms with E-state index in [1.54, 1.807) is 32.9 Å². The molecule has 0 saturated carbocycles. The van der Waals surface area contributed by atoms with Gasteiger partial charge in [0.25, 0.3) is 0 Å². The van der Waals surface area contributed by atoms with Crippen LogP contribution in [-0.4, -0.2) is 12.3 Å². The van der Waals surface area contributed by atoms with E-state index in [0.717, 1.165) is 0 Å². The lowest BCUT2D eigenvalue weighted by atomic mass is 9.76. The molecule has 0 aliphatic carbocycles. The van der Waals surface area contributed by atoms with Crippen LogP contribution in [0.2, 0.25) is 0 Å². The van der Waals surface area contributed by atoms with Gasteiger partial charge in [0.05, 0.1) is 0 Å². The van der Waals surface area contributed by atoms with Gasteiger partial charge in [-0.25, -0.2) is 0 Å². The van der Waals surface area contributed by atoms with Crippen LogP contribution in [0, 0.1) is 10.8 Å². The van der Waals surface area contributed by atoms with Crippen LogP contribution in [0.3, 0.4) is 0 Å². The maximum atomic E-state index is 6.46. The van der Waals surface area contributed by atoms with Crippen LogP contribution in [0.5, 0.6) is 0 Å². The zero-order valence-electron chi connectivity index (χ0n) is 16.1. The Bertz CT molecular complexity index is 878. The quantitative estimate of drug-likeness (QED) is 0.433. The highest BCUT2D eigenvalue weighted by Crippen LogP contribution is 2.88. The van der Waals surface area contributed by atoms with E-state index < -0.39 is 12.1 Å². The van der Waals surface area contributed by atoms with Gasteiger partial charge in [-0.05, 0) is 75.1 Å². The van der Waals surface area contributed by atoms with Crippen LogP contribution in [0.25, 0.3) is 0 Å². The summed E-state index contributed by atoms with van der Waals surface area (Å²) < 4.78 is 0. The lowest BCUT2D eigenvalue weighted by Crippen LogP contribution is -2.19. The topological polar surface area (TPSA) is 0 Å². The molecule has 4 heteroatoms. The molecule has 0 nitrogen and oxygen atoms in total. The molecular formula is C20H28P2S2.